The van der Waals surface area contributed by atoms with Gasteiger partial charge >= 0.3 is 5.97 Å². The molecule has 430 valence electrons. The molecule has 9 nitrogen and oxygen atoms in total. The first kappa shape index (κ1) is 71.7. The van der Waals surface area contributed by atoms with E-state index < -0.39 is 32.5 Å². The van der Waals surface area contributed by atoms with E-state index in [1.807, 2.05) is 33.3 Å². The van der Waals surface area contributed by atoms with Gasteiger partial charge in [-0.05, 0) is 102 Å². The largest absolute Gasteiger partial charge is 0.756 e. The number of ether oxygens (including phenoxy) is 1. The van der Waals surface area contributed by atoms with E-state index in [0.717, 1.165) is 96.3 Å². The predicted molar refractivity (Wildman–Crippen MR) is 320 cm³/mol. The number of carbonyl (C=O) groups is 2. The van der Waals surface area contributed by atoms with Crippen molar-refractivity contribution in [2.24, 2.45) is 0 Å². The van der Waals surface area contributed by atoms with Crippen molar-refractivity contribution < 1.29 is 37.3 Å². The maximum absolute atomic E-state index is 13.5. The summed E-state index contributed by atoms with van der Waals surface area (Å²) < 4.78 is 30.2. The number of carbonyl (C=O) groups excluding carboxylic acids is 2. The Balaban J connectivity index is 5.38. The van der Waals surface area contributed by atoms with Crippen molar-refractivity contribution in [1.82, 2.24) is 5.32 Å². The number of phosphoric ester groups is 1. The van der Waals surface area contributed by atoms with Crippen LogP contribution in [0, 0.1) is 0 Å². The molecule has 1 amide bonds. The fourth-order valence-corrected chi connectivity index (χ4v) is 8.77. The summed E-state index contributed by atoms with van der Waals surface area (Å²) in [4.78, 5) is 39.9. The van der Waals surface area contributed by atoms with Crippen LogP contribution in [0.25, 0.3) is 0 Å². The molecule has 0 bridgehead atoms. The standard InChI is InChI=1S/C65H113N2O7P/c1-7-10-13-16-19-22-25-28-29-30-31-32-33-34-35-36-37-40-42-45-48-51-54-57-64(68)66-62(61-73-75(70,71)72-60-59-67(4,5)6)63(56-53-50-47-44-41-38-26-23-20-17-14-11-8-2)74-65(69)58-55-52-49-46-43-39-27-24-21-18-15-12-9-3/h10,13,19,22,28-29,31-32,34-35,37,39-40,43,49,52-53,56,62-63H,7-9,11-12,14-18,20-21,23-27,30,33,36,38,41-42,44-48,50-51,54-55,57-61H2,1-6H3,(H-,66,68,70,71)/b13-10-,22-19-,29-28-,32-31-,35-34-,40-37-,43-39-,52-49+,56-53-. The van der Waals surface area contributed by atoms with E-state index in [-0.39, 0.29) is 25.4 Å². The SMILES string of the molecule is CC/C=C\C/C=C\C/C=C\C/C=C\C/C=C\C/C=C\CCCCCCC(=O)NC(COP(=O)([O-])OCC[N+](C)(C)C)C(/C=C\CCCCCCCCCCCCC)OC(=O)CC/C=C/C/C=C\CCCCCCCC. The molecule has 3 atom stereocenters. The van der Waals surface area contributed by atoms with Crippen LogP contribution in [0.4, 0.5) is 0 Å². The number of amides is 1. The van der Waals surface area contributed by atoms with Crippen molar-refractivity contribution in [3.8, 4) is 0 Å². The number of unbranched alkanes of at least 4 members (excludes halogenated alkanes) is 21. The second-order valence-corrected chi connectivity index (χ2v) is 22.5. The summed E-state index contributed by atoms with van der Waals surface area (Å²) >= 11 is 0. The number of quaternary nitrogens is 1. The van der Waals surface area contributed by atoms with Crippen molar-refractivity contribution in [3.05, 3.63) is 109 Å². The van der Waals surface area contributed by atoms with Crippen LogP contribution in [0.5, 0.6) is 0 Å². The summed E-state index contributed by atoms with van der Waals surface area (Å²) in [6, 6.07) is -0.931. The molecule has 0 rings (SSSR count). The number of hydrogen-bond donors (Lipinski definition) is 1. The van der Waals surface area contributed by atoms with Gasteiger partial charge in [0, 0.05) is 12.8 Å². The van der Waals surface area contributed by atoms with E-state index in [4.69, 9.17) is 13.8 Å². The van der Waals surface area contributed by atoms with Gasteiger partial charge in [-0.2, -0.15) is 0 Å². The van der Waals surface area contributed by atoms with Gasteiger partial charge in [-0.15, -0.1) is 0 Å². The Morgan fingerprint density at radius 2 is 0.867 bits per heavy atom. The third-order valence-electron chi connectivity index (χ3n) is 12.7. The zero-order chi connectivity index (χ0) is 55.0. The third kappa shape index (κ3) is 55.2. The highest BCUT2D eigenvalue weighted by Gasteiger charge is 2.27. The smallest absolute Gasteiger partial charge is 0.306 e. The van der Waals surface area contributed by atoms with Gasteiger partial charge in [-0.1, -0.05) is 233 Å². The van der Waals surface area contributed by atoms with Gasteiger partial charge in [0.2, 0.25) is 5.91 Å². The number of allylic oxidation sites excluding steroid dienone is 17. The van der Waals surface area contributed by atoms with Gasteiger partial charge in [0.05, 0.1) is 33.8 Å². The number of nitrogens with one attached hydrogen (secondary N) is 1. The van der Waals surface area contributed by atoms with Crippen molar-refractivity contribution in [2.75, 3.05) is 40.9 Å². The van der Waals surface area contributed by atoms with Gasteiger partial charge in [-0.3, -0.25) is 14.2 Å². The molecule has 0 heterocycles. The highest BCUT2D eigenvalue weighted by molar-refractivity contribution is 7.45. The summed E-state index contributed by atoms with van der Waals surface area (Å²) in [5, 5.41) is 2.99. The fraction of sp³-hybridized carbons (Fsp3) is 0.692. The highest BCUT2D eigenvalue weighted by atomic mass is 31.2. The summed E-state index contributed by atoms with van der Waals surface area (Å²) in [7, 11) is 1.13. The lowest BCUT2D eigenvalue weighted by molar-refractivity contribution is -0.870. The van der Waals surface area contributed by atoms with Crippen molar-refractivity contribution >= 4 is 19.7 Å². The third-order valence-corrected chi connectivity index (χ3v) is 13.7. The van der Waals surface area contributed by atoms with Crippen LogP contribution in [0.3, 0.4) is 0 Å². The van der Waals surface area contributed by atoms with Crippen LogP contribution >= 0.6 is 7.82 Å². The Kier molecular flexibility index (Phi) is 51.6. The number of rotatable bonds is 53. The molecule has 0 aliphatic heterocycles. The lowest BCUT2D eigenvalue weighted by Crippen LogP contribution is -2.47. The molecule has 0 aromatic rings. The van der Waals surface area contributed by atoms with Crippen LogP contribution in [0.15, 0.2) is 109 Å². The van der Waals surface area contributed by atoms with Crippen molar-refractivity contribution in [1.29, 1.82) is 0 Å². The Labute approximate surface area is 461 Å². The molecular formula is C65H113N2O7P. The topological polar surface area (TPSA) is 114 Å². The minimum Gasteiger partial charge on any atom is -0.756 e. The molecule has 1 N–H and O–H groups in total. The molecule has 3 unspecified atom stereocenters. The van der Waals surface area contributed by atoms with Gasteiger partial charge < -0.3 is 28.5 Å². The fourth-order valence-electron chi connectivity index (χ4n) is 8.05. The molecule has 0 saturated carbocycles. The molecule has 0 saturated heterocycles. The molecule has 75 heavy (non-hydrogen) atoms. The molecule has 0 aromatic carbocycles. The van der Waals surface area contributed by atoms with Crippen LogP contribution in [-0.4, -0.2) is 69.4 Å². The van der Waals surface area contributed by atoms with E-state index >= 15 is 0 Å². The van der Waals surface area contributed by atoms with Gasteiger partial charge in [0.15, 0.2) is 0 Å². The second kappa shape index (κ2) is 54.0. The molecule has 0 spiro atoms. The Hall–Kier alpha value is -3.33. The van der Waals surface area contributed by atoms with Crippen molar-refractivity contribution in [2.45, 2.75) is 251 Å². The monoisotopic (exact) mass is 1060 g/mol. The maximum atomic E-state index is 13.5. The van der Waals surface area contributed by atoms with Crippen LogP contribution in [0.2, 0.25) is 0 Å². The average molecular weight is 1070 g/mol. The first-order chi connectivity index (χ1) is 36.4. The Morgan fingerprint density at radius 3 is 1.31 bits per heavy atom. The van der Waals surface area contributed by atoms with E-state index in [1.54, 1.807) is 6.08 Å². The molecule has 0 radical (unpaired) electrons. The number of phosphoric acid groups is 1. The number of hydrogen-bond acceptors (Lipinski definition) is 7. The van der Waals surface area contributed by atoms with Crippen LogP contribution < -0.4 is 10.2 Å². The zero-order valence-electron chi connectivity index (χ0n) is 49.0. The minimum atomic E-state index is -4.72. The lowest BCUT2D eigenvalue weighted by atomic mass is 10.0. The molecule has 10 heteroatoms. The molecule has 0 aliphatic rings. The van der Waals surface area contributed by atoms with E-state index in [1.165, 1.54) is 96.3 Å². The lowest BCUT2D eigenvalue weighted by Gasteiger charge is -2.30. The number of esters is 1. The average Bonchev–Trinajstić information content (AvgIpc) is 3.37. The number of nitrogens with zero attached hydrogens (tertiary/aromatic N) is 1. The van der Waals surface area contributed by atoms with Crippen molar-refractivity contribution in [3.63, 3.8) is 0 Å². The first-order valence-corrected chi connectivity index (χ1v) is 31.7. The van der Waals surface area contributed by atoms with Crippen LogP contribution in [0.1, 0.15) is 239 Å². The van der Waals surface area contributed by atoms with Gasteiger partial charge in [-0.25, -0.2) is 0 Å². The molecule has 0 aliphatic carbocycles. The van der Waals surface area contributed by atoms with E-state index in [0.29, 0.717) is 23.9 Å². The number of likely N-dealkylation sites (N-methyl/N-ethyl adjacent to an activating group) is 1. The second-order valence-electron chi connectivity index (χ2n) is 21.1. The summed E-state index contributed by atoms with van der Waals surface area (Å²) in [6.07, 6.45) is 73.6. The van der Waals surface area contributed by atoms with E-state index in [9.17, 15) is 19.0 Å². The molecule has 0 aromatic heterocycles. The maximum Gasteiger partial charge on any atom is 0.306 e. The summed E-state index contributed by atoms with van der Waals surface area (Å²) in [5.74, 6) is -0.655. The predicted octanol–water partition coefficient (Wildman–Crippen LogP) is 17.9. The van der Waals surface area contributed by atoms with Crippen LogP contribution in [-0.2, 0) is 27.9 Å². The van der Waals surface area contributed by atoms with Gasteiger partial charge in [0.1, 0.15) is 19.3 Å². The van der Waals surface area contributed by atoms with E-state index in [2.05, 4.69) is 117 Å². The molecule has 0 fully saturated rings. The Bertz CT molecular complexity index is 1650. The summed E-state index contributed by atoms with van der Waals surface area (Å²) in [5.41, 5.74) is 0. The van der Waals surface area contributed by atoms with Gasteiger partial charge in [0.25, 0.3) is 7.82 Å². The Morgan fingerprint density at radius 1 is 0.480 bits per heavy atom. The zero-order valence-corrected chi connectivity index (χ0v) is 49.9. The quantitative estimate of drug-likeness (QED) is 0.0212. The first-order valence-electron chi connectivity index (χ1n) is 30.2. The highest BCUT2D eigenvalue weighted by Crippen LogP contribution is 2.38. The molecular weight excluding hydrogens is 952 g/mol. The normalized spacial score (nSPS) is 14.5. The minimum absolute atomic E-state index is 0.0406. The summed E-state index contributed by atoms with van der Waals surface area (Å²) in [6.45, 7) is 6.65.